The van der Waals surface area contributed by atoms with Gasteiger partial charge in [0, 0.05) is 25.7 Å². The fourth-order valence-corrected chi connectivity index (χ4v) is 4.06. The van der Waals surface area contributed by atoms with Crippen molar-refractivity contribution in [2.75, 3.05) is 19.0 Å². The van der Waals surface area contributed by atoms with Crippen LogP contribution in [-0.2, 0) is 4.79 Å². The number of carbonyl (C=O) groups is 2. The van der Waals surface area contributed by atoms with Crippen molar-refractivity contribution in [2.45, 2.75) is 18.6 Å². The summed E-state index contributed by atoms with van der Waals surface area (Å²) in [5, 5.41) is 9.37. The molecule has 2 aromatic heterocycles. The zero-order chi connectivity index (χ0) is 18.4. The molecule has 2 aliphatic heterocycles. The van der Waals surface area contributed by atoms with Gasteiger partial charge >= 0.3 is 6.03 Å². The van der Waals surface area contributed by atoms with Crippen LogP contribution in [0.15, 0.2) is 28.9 Å². The van der Waals surface area contributed by atoms with E-state index in [-0.39, 0.29) is 10.9 Å². The number of carbonyl (C=O) groups excluding carboxylic acids is 2. The number of thioether (sulfide) groups is 1. The molecule has 0 bridgehead atoms. The molecule has 26 heavy (non-hydrogen) atoms. The van der Waals surface area contributed by atoms with Gasteiger partial charge in [-0.2, -0.15) is 9.61 Å². The lowest BCUT2D eigenvalue weighted by Gasteiger charge is -2.17. The molecule has 1 saturated heterocycles. The zero-order valence-corrected chi connectivity index (χ0v) is 15.4. The van der Waals surface area contributed by atoms with Gasteiger partial charge in [0.2, 0.25) is 0 Å². The number of anilines is 1. The summed E-state index contributed by atoms with van der Waals surface area (Å²) in [6.45, 7) is 2.10. The summed E-state index contributed by atoms with van der Waals surface area (Å²) in [7, 11) is 3.91. The van der Waals surface area contributed by atoms with Crippen LogP contribution in [0.4, 0.5) is 10.6 Å². The number of urea groups is 1. The number of nitrogens with one attached hydrogen (secondary N) is 2. The molecule has 4 rings (SSSR count). The monoisotopic (exact) mass is 370 g/mol. The first-order valence-electron chi connectivity index (χ1n) is 8.16. The van der Waals surface area contributed by atoms with E-state index in [0.717, 1.165) is 17.9 Å². The van der Waals surface area contributed by atoms with Gasteiger partial charge in [-0.15, -0.1) is 11.8 Å². The third-order valence-corrected chi connectivity index (χ3v) is 5.51. The first-order valence-corrected chi connectivity index (χ1v) is 9.04. The Morgan fingerprint density at radius 1 is 1.35 bits per heavy atom. The number of hydrogen-bond acceptors (Lipinski definition) is 6. The maximum Gasteiger partial charge on any atom is 0.326 e. The van der Waals surface area contributed by atoms with E-state index in [2.05, 4.69) is 28.7 Å². The lowest BCUT2D eigenvalue weighted by atomic mass is 10.2. The summed E-state index contributed by atoms with van der Waals surface area (Å²) >= 11 is 1.80. The highest BCUT2D eigenvalue weighted by molar-refractivity contribution is 8.03. The molecule has 0 radical (unpaired) electrons. The molecule has 3 amide bonds. The number of amides is 3. The van der Waals surface area contributed by atoms with Gasteiger partial charge in [-0.3, -0.25) is 10.1 Å². The molecule has 8 nitrogen and oxygen atoms in total. The second kappa shape index (κ2) is 6.17. The minimum atomic E-state index is -0.524. The summed E-state index contributed by atoms with van der Waals surface area (Å²) in [6, 6.07) is 1.52. The number of imide groups is 1. The molecule has 2 aliphatic rings. The maximum atomic E-state index is 11.8. The Balaban J connectivity index is 1.83. The first-order chi connectivity index (χ1) is 12.4. The van der Waals surface area contributed by atoms with Crippen LogP contribution in [0, 0.1) is 0 Å². The smallest absolute Gasteiger partial charge is 0.326 e. The highest BCUT2D eigenvalue weighted by Gasteiger charge is 2.25. The number of fused-ring (bicyclic) bond motifs is 1. The summed E-state index contributed by atoms with van der Waals surface area (Å²) in [5.74, 6) is 0.448. The molecule has 134 valence electrons. The van der Waals surface area contributed by atoms with E-state index in [9.17, 15) is 9.59 Å². The van der Waals surface area contributed by atoms with Crippen molar-refractivity contribution in [3.8, 4) is 0 Å². The third-order valence-electron chi connectivity index (χ3n) is 4.26. The summed E-state index contributed by atoms with van der Waals surface area (Å²) in [6.07, 6.45) is 6.41. The maximum absolute atomic E-state index is 11.8. The van der Waals surface area contributed by atoms with Crippen molar-refractivity contribution in [2.24, 2.45) is 0 Å². The Morgan fingerprint density at radius 2 is 2.15 bits per heavy atom. The Bertz CT molecular complexity index is 991. The number of hydrogen-bond donors (Lipinski definition) is 2. The van der Waals surface area contributed by atoms with Gasteiger partial charge in [0.15, 0.2) is 5.65 Å². The highest BCUT2D eigenvalue weighted by atomic mass is 32.2. The largest absolute Gasteiger partial charge is 0.363 e. The second-order valence-electron chi connectivity index (χ2n) is 6.39. The average Bonchev–Trinajstić information content (AvgIpc) is 3.27. The van der Waals surface area contributed by atoms with E-state index in [1.165, 1.54) is 4.91 Å². The van der Waals surface area contributed by atoms with E-state index in [1.807, 2.05) is 25.1 Å². The van der Waals surface area contributed by atoms with Gasteiger partial charge in [0.25, 0.3) is 5.91 Å². The molecule has 4 heterocycles. The lowest BCUT2D eigenvalue weighted by Crippen LogP contribution is -2.22. The Kier molecular flexibility index (Phi) is 3.95. The predicted molar refractivity (Wildman–Crippen MR) is 101 cm³/mol. The van der Waals surface area contributed by atoms with Crippen molar-refractivity contribution in [1.82, 2.24) is 25.2 Å². The van der Waals surface area contributed by atoms with Gasteiger partial charge in [-0.1, -0.05) is 6.08 Å². The van der Waals surface area contributed by atoms with Gasteiger partial charge in [0.05, 0.1) is 17.1 Å². The summed E-state index contributed by atoms with van der Waals surface area (Å²) in [4.78, 5) is 31.2. The zero-order valence-electron chi connectivity index (χ0n) is 14.6. The van der Waals surface area contributed by atoms with Crippen LogP contribution in [0.25, 0.3) is 11.7 Å². The fourth-order valence-electron chi connectivity index (χ4n) is 2.98. The summed E-state index contributed by atoms with van der Waals surface area (Å²) in [5.41, 5.74) is 2.49. The number of aromatic nitrogens is 3. The molecule has 9 heteroatoms. The van der Waals surface area contributed by atoms with E-state index in [4.69, 9.17) is 4.98 Å². The third kappa shape index (κ3) is 2.84. The Labute approximate surface area is 154 Å². The molecular formula is C17H18N6O2S. The lowest BCUT2D eigenvalue weighted by molar-refractivity contribution is -0.115. The quantitative estimate of drug-likeness (QED) is 0.635. The van der Waals surface area contributed by atoms with E-state index < -0.39 is 11.9 Å². The van der Waals surface area contributed by atoms with Crippen LogP contribution in [0.3, 0.4) is 0 Å². The Hall–Kier alpha value is -2.81. The minimum absolute atomic E-state index is 0.191. The highest BCUT2D eigenvalue weighted by Crippen LogP contribution is 2.43. The minimum Gasteiger partial charge on any atom is -0.363 e. The van der Waals surface area contributed by atoms with Gasteiger partial charge in [-0.05, 0) is 24.3 Å². The molecule has 1 fully saturated rings. The van der Waals surface area contributed by atoms with E-state index in [1.54, 1.807) is 28.6 Å². The van der Waals surface area contributed by atoms with Crippen molar-refractivity contribution in [3.05, 3.63) is 40.2 Å². The van der Waals surface area contributed by atoms with Crippen LogP contribution in [-0.4, -0.2) is 40.6 Å². The SMILES string of the molecule is CC1=CCC(c2cc(N(C)C)n3ncc(/C=C4\NC(=O)NC4=O)c3n2)S1. The molecule has 2 aromatic rings. The number of rotatable bonds is 3. The second-order valence-corrected chi connectivity index (χ2v) is 7.84. The molecule has 2 N–H and O–H groups in total. The van der Waals surface area contributed by atoms with Crippen LogP contribution < -0.4 is 15.5 Å². The van der Waals surface area contributed by atoms with Crippen molar-refractivity contribution < 1.29 is 9.59 Å². The number of allylic oxidation sites excluding steroid dienone is 2. The topological polar surface area (TPSA) is 91.6 Å². The molecular weight excluding hydrogens is 352 g/mol. The van der Waals surface area contributed by atoms with Crippen molar-refractivity contribution in [3.63, 3.8) is 0 Å². The van der Waals surface area contributed by atoms with Crippen molar-refractivity contribution >= 4 is 41.2 Å². The molecule has 0 aliphatic carbocycles. The molecule has 1 unspecified atom stereocenters. The summed E-state index contributed by atoms with van der Waals surface area (Å²) < 4.78 is 1.74. The van der Waals surface area contributed by atoms with E-state index in [0.29, 0.717) is 11.2 Å². The number of nitrogens with zero attached hydrogens (tertiary/aromatic N) is 4. The van der Waals surface area contributed by atoms with Crippen LogP contribution in [0.2, 0.25) is 0 Å². The fraction of sp³-hybridized carbons (Fsp3) is 0.294. The van der Waals surface area contributed by atoms with Crippen molar-refractivity contribution in [1.29, 1.82) is 0 Å². The molecule has 0 aromatic carbocycles. The average molecular weight is 370 g/mol. The van der Waals surface area contributed by atoms with Gasteiger partial charge in [-0.25, -0.2) is 9.78 Å². The molecule has 1 atom stereocenters. The first kappa shape index (κ1) is 16.6. The van der Waals surface area contributed by atoms with E-state index >= 15 is 0 Å². The Morgan fingerprint density at radius 3 is 2.77 bits per heavy atom. The van der Waals surface area contributed by atoms with Gasteiger partial charge < -0.3 is 10.2 Å². The normalized spacial score (nSPS) is 21.3. The van der Waals surface area contributed by atoms with Crippen LogP contribution in [0.5, 0.6) is 0 Å². The standard InChI is InChI=1S/C17H18N6O2S/c1-9-4-5-13(26-9)11-7-14(22(2)3)23-15(19-11)10(8-18-23)6-12-16(24)21-17(25)20-12/h4,6-8,13H,5H2,1-3H3,(H2,20,21,24,25)/b12-6-. The molecule has 0 spiro atoms. The molecule has 0 saturated carbocycles. The van der Waals surface area contributed by atoms with Crippen LogP contribution >= 0.6 is 11.8 Å². The van der Waals surface area contributed by atoms with Crippen LogP contribution in [0.1, 0.15) is 29.9 Å². The predicted octanol–water partition coefficient (Wildman–Crippen LogP) is 2.06. The van der Waals surface area contributed by atoms with Gasteiger partial charge in [0.1, 0.15) is 11.5 Å².